The zero-order valence-corrected chi connectivity index (χ0v) is 15.6. The van der Waals surface area contributed by atoms with Crippen LogP contribution in [0.25, 0.3) is 0 Å². The van der Waals surface area contributed by atoms with Crippen LogP contribution >= 0.6 is 0 Å². The summed E-state index contributed by atoms with van der Waals surface area (Å²) in [7, 11) is 0. The minimum absolute atomic E-state index is 0.278. The normalized spacial score (nSPS) is 23.4. The van der Waals surface area contributed by atoms with Crippen LogP contribution in [0.1, 0.15) is 57.6 Å². The van der Waals surface area contributed by atoms with Crippen molar-refractivity contribution in [3.8, 4) is 0 Å². The van der Waals surface area contributed by atoms with E-state index in [9.17, 15) is 4.79 Å². The molecule has 0 spiro atoms. The monoisotopic (exact) mass is 331 g/mol. The smallest absolute Gasteiger partial charge is 0.222 e. The number of nitrogens with zero attached hydrogens (tertiary/aromatic N) is 1. The van der Waals surface area contributed by atoms with Gasteiger partial charge in [0, 0.05) is 31.6 Å². The van der Waals surface area contributed by atoms with Gasteiger partial charge in [-0.25, -0.2) is 0 Å². The fourth-order valence-electron chi connectivity index (χ4n) is 3.26. The van der Waals surface area contributed by atoms with Crippen molar-refractivity contribution in [2.75, 3.05) is 6.54 Å². The van der Waals surface area contributed by atoms with E-state index < -0.39 is 0 Å². The van der Waals surface area contributed by atoms with Crippen LogP contribution in [0, 0.1) is 12.8 Å². The van der Waals surface area contributed by atoms with E-state index >= 15 is 0 Å². The predicted octanol–water partition coefficient (Wildman–Crippen LogP) is 3.40. The lowest BCUT2D eigenvalue weighted by molar-refractivity contribution is -0.132. The van der Waals surface area contributed by atoms with E-state index in [0.29, 0.717) is 24.4 Å². The second-order valence-electron chi connectivity index (χ2n) is 7.18. The van der Waals surface area contributed by atoms with Crippen molar-refractivity contribution >= 4 is 5.91 Å². The molecular weight excluding hydrogens is 298 g/mol. The Bertz CT molecular complexity index is 531. The van der Waals surface area contributed by atoms with Gasteiger partial charge in [0.05, 0.1) is 0 Å². The molecule has 1 aliphatic rings. The number of hydrogen-bond donors (Lipinski definition) is 2. The summed E-state index contributed by atoms with van der Waals surface area (Å²) in [5, 5.41) is 0. The third-order valence-electron chi connectivity index (χ3n) is 5.35. The molecule has 0 bridgehead atoms. The van der Waals surface area contributed by atoms with Gasteiger partial charge >= 0.3 is 0 Å². The number of benzene rings is 1. The first-order chi connectivity index (χ1) is 11.5. The number of carbonyl (C=O) groups excluding carboxylic acids is 1. The average Bonchev–Trinajstić information content (AvgIpc) is 2.90. The minimum Gasteiger partial charge on any atom is -0.338 e. The summed E-state index contributed by atoms with van der Waals surface area (Å²) in [6, 6.07) is 9.21. The molecule has 0 saturated carbocycles. The largest absolute Gasteiger partial charge is 0.338 e. The highest BCUT2D eigenvalue weighted by Crippen LogP contribution is 2.19. The molecule has 1 saturated heterocycles. The molecule has 1 aromatic rings. The van der Waals surface area contributed by atoms with E-state index in [0.717, 1.165) is 32.4 Å². The van der Waals surface area contributed by atoms with Crippen LogP contribution in [0.15, 0.2) is 24.3 Å². The van der Waals surface area contributed by atoms with Gasteiger partial charge in [0.1, 0.15) is 0 Å². The van der Waals surface area contributed by atoms with Gasteiger partial charge in [-0.15, -0.1) is 0 Å². The number of hydrazine groups is 1. The quantitative estimate of drug-likeness (QED) is 0.767. The minimum atomic E-state index is 0.278. The third kappa shape index (κ3) is 5.05. The maximum atomic E-state index is 12.8. The molecule has 4 heteroatoms. The molecule has 3 unspecified atom stereocenters. The van der Waals surface area contributed by atoms with Crippen LogP contribution in [0.2, 0.25) is 0 Å². The van der Waals surface area contributed by atoms with Crippen LogP contribution in [-0.2, 0) is 11.3 Å². The maximum absolute atomic E-state index is 12.8. The third-order valence-corrected chi connectivity index (χ3v) is 5.35. The van der Waals surface area contributed by atoms with Gasteiger partial charge in [0.2, 0.25) is 5.91 Å². The number of aryl methyl sites for hydroxylation is 1. The van der Waals surface area contributed by atoms with Gasteiger partial charge in [-0.2, -0.15) is 0 Å². The van der Waals surface area contributed by atoms with Gasteiger partial charge < -0.3 is 4.90 Å². The molecule has 2 rings (SSSR count). The molecule has 1 aromatic carbocycles. The van der Waals surface area contributed by atoms with Gasteiger partial charge in [-0.05, 0) is 43.7 Å². The second kappa shape index (κ2) is 9.19. The summed E-state index contributed by atoms with van der Waals surface area (Å²) in [4.78, 5) is 14.8. The Balaban J connectivity index is 1.93. The lowest BCUT2D eigenvalue weighted by atomic mass is 9.94. The summed E-state index contributed by atoms with van der Waals surface area (Å²) in [5.74, 6) is 0.832. The van der Waals surface area contributed by atoms with Gasteiger partial charge in [-0.1, -0.05) is 44.5 Å². The van der Waals surface area contributed by atoms with Crippen molar-refractivity contribution in [3.63, 3.8) is 0 Å². The summed E-state index contributed by atoms with van der Waals surface area (Å²) < 4.78 is 0. The van der Waals surface area contributed by atoms with Crippen LogP contribution in [0.4, 0.5) is 0 Å². The molecule has 3 atom stereocenters. The topological polar surface area (TPSA) is 44.4 Å². The SMILES string of the molecule is CCCCN(Cc1ccccc1C)C(=O)CCC1NNC(C)C1C. The number of hydrogen-bond acceptors (Lipinski definition) is 3. The van der Waals surface area contributed by atoms with Crippen molar-refractivity contribution in [2.45, 2.75) is 72.0 Å². The van der Waals surface area contributed by atoms with Gasteiger partial charge in [0.15, 0.2) is 0 Å². The number of amides is 1. The van der Waals surface area contributed by atoms with E-state index in [2.05, 4.69) is 62.8 Å². The van der Waals surface area contributed by atoms with Crippen LogP contribution in [-0.4, -0.2) is 29.4 Å². The van der Waals surface area contributed by atoms with E-state index in [1.54, 1.807) is 0 Å². The molecule has 0 aliphatic carbocycles. The molecule has 2 N–H and O–H groups in total. The maximum Gasteiger partial charge on any atom is 0.222 e. The molecular formula is C20H33N3O. The number of rotatable bonds is 8. The Morgan fingerprint density at radius 2 is 1.96 bits per heavy atom. The number of nitrogens with one attached hydrogen (secondary N) is 2. The highest BCUT2D eigenvalue weighted by molar-refractivity contribution is 5.76. The van der Waals surface area contributed by atoms with Crippen molar-refractivity contribution in [2.24, 2.45) is 5.92 Å². The Morgan fingerprint density at radius 3 is 2.58 bits per heavy atom. The Kier molecular flexibility index (Phi) is 7.25. The summed E-state index contributed by atoms with van der Waals surface area (Å²) >= 11 is 0. The first-order valence-electron chi connectivity index (χ1n) is 9.36. The molecule has 1 heterocycles. The van der Waals surface area contributed by atoms with Crippen LogP contribution in [0.3, 0.4) is 0 Å². The Morgan fingerprint density at radius 1 is 1.21 bits per heavy atom. The fourth-order valence-corrected chi connectivity index (χ4v) is 3.26. The zero-order chi connectivity index (χ0) is 17.5. The van der Waals surface area contributed by atoms with E-state index in [4.69, 9.17) is 0 Å². The van der Waals surface area contributed by atoms with E-state index in [1.807, 2.05) is 4.90 Å². The highest BCUT2D eigenvalue weighted by Gasteiger charge is 2.29. The van der Waals surface area contributed by atoms with Crippen molar-refractivity contribution in [3.05, 3.63) is 35.4 Å². The predicted molar refractivity (Wildman–Crippen MR) is 99.4 cm³/mol. The average molecular weight is 332 g/mol. The number of carbonyl (C=O) groups is 1. The molecule has 1 amide bonds. The summed E-state index contributed by atoms with van der Waals surface area (Å²) in [5.41, 5.74) is 9.12. The van der Waals surface area contributed by atoms with Crippen molar-refractivity contribution < 1.29 is 4.79 Å². The van der Waals surface area contributed by atoms with E-state index in [-0.39, 0.29) is 5.91 Å². The van der Waals surface area contributed by atoms with Gasteiger partial charge in [0.25, 0.3) is 0 Å². The lowest BCUT2D eigenvalue weighted by Gasteiger charge is -2.25. The summed E-state index contributed by atoms with van der Waals surface area (Å²) in [6.45, 7) is 10.3. The number of unbranched alkanes of at least 4 members (excludes halogenated alkanes) is 1. The molecule has 4 nitrogen and oxygen atoms in total. The molecule has 0 radical (unpaired) electrons. The van der Waals surface area contributed by atoms with Crippen LogP contribution in [0.5, 0.6) is 0 Å². The Hall–Kier alpha value is -1.39. The van der Waals surface area contributed by atoms with Gasteiger partial charge in [-0.3, -0.25) is 15.6 Å². The lowest BCUT2D eigenvalue weighted by Crippen LogP contribution is -2.35. The zero-order valence-electron chi connectivity index (χ0n) is 15.6. The van der Waals surface area contributed by atoms with E-state index in [1.165, 1.54) is 11.1 Å². The first kappa shape index (κ1) is 18.9. The van der Waals surface area contributed by atoms with Crippen LogP contribution < -0.4 is 10.9 Å². The van der Waals surface area contributed by atoms with Crippen molar-refractivity contribution in [1.29, 1.82) is 0 Å². The molecule has 134 valence electrons. The fraction of sp³-hybridized carbons (Fsp3) is 0.650. The molecule has 1 fully saturated rings. The second-order valence-corrected chi connectivity index (χ2v) is 7.18. The first-order valence-corrected chi connectivity index (χ1v) is 9.36. The Labute approximate surface area is 147 Å². The molecule has 24 heavy (non-hydrogen) atoms. The summed E-state index contributed by atoms with van der Waals surface area (Å²) in [6.07, 6.45) is 3.69. The van der Waals surface area contributed by atoms with Crippen molar-refractivity contribution in [1.82, 2.24) is 15.8 Å². The standard InChI is InChI=1S/C20H33N3O/c1-5-6-13-23(14-18-10-8-7-9-15(18)2)20(24)12-11-19-16(3)17(4)21-22-19/h7-10,16-17,19,21-22H,5-6,11-14H2,1-4H3. The highest BCUT2D eigenvalue weighted by atomic mass is 16.2. The molecule has 1 aliphatic heterocycles. The molecule has 0 aromatic heterocycles.